The molecule has 2 heterocycles. The standard InChI is InChI=1S/C18H13BrN4O2/c1-8-4-11-14(6-13(8)19)23-17(24)18(11)10-3-2-9(21)5-15(10)25-16(22)12(18)7-20/h2-6H,21-22H2,1H3,(H,23,24). The lowest BCUT2D eigenvalue weighted by atomic mass is 9.68. The lowest BCUT2D eigenvalue weighted by molar-refractivity contribution is -0.118. The number of halogens is 1. The predicted octanol–water partition coefficient (Wildman–Crippen LogP) is 2.66. The Kier molecular flexibility index (Phi) is 3.11. The zero-order chi connectivity index (χ0) is 17.9. The number of nitrogens with two attached hydrogens (primary N) is 2. The molecule has 0 radical (unpaired) electrons. The highest BCUT2D eigenvalue weighted by molar-refractivity contribution is 9.10. The molecule has 7 heteroatoms. The van der Waals surface area contributed by atoms with E-state index in [1.807, 2.05) is 19.1 Å². The minimum Gasteiger partial charge on any atom is -0.440 e. The Hall–Kier alpha value is -2.98. The molecule has 0 saturated carbocycles. The summed E-state index contributed by atoms with van der Waals surface area (Å²) >= 11 is 3.47. The van der Waals surface area contributed by atoms with Gasteiger partial charge in [0.1, 0.15) is 22.8 Å². The summed E-state index contributed by atoms with van der Waals surface area (Å²) in [6.07, 6.45) is 0. The molecule has 6 nitrogen and oxygen atoms in total. The number of benzene rings is 2. The lowest BCUT2D eigenvalue weighted by Gasteiger charge is -2.34. The molecular formula is C18H13BrN4O2. The van der Waals surface area contributed by atoms with Gasteiger partial charge in [0.25, 0.3) is 0 Å². The van der Waals surface area contributed by atoms with E-state index in [1.165, 1.54) is 0 Å². The van der Waals surface area contributed by atoms with Crippen molar-refractivity contribution in [3.05, 3.63) is 63.0 Å². The van der Waals surface area contributed by atoms with Gasteiger partial charge in [-0.05, 0) is 24.6 Å². The number of nitrogens with zero attached hydrogens (tertiary/aromatic N) is 1. The van der Waals surface area contributed by atoms with E-state index < -0.39 is 5.41 Å². The highest BCUT2D eigenvalue weighted by Crippen LogP contribution is 2.54. The molecule has 1 unspecified atom stereocenters. The molecule has 0 aromatic heterocycles. The van der Waals surface area contributed by atoms with Gasteiger partial charge >= 0.3 is 0 Å². The van der Waals surface area contributed by atoms with Crippen LogP contribution in [-0.4, -0.2) is 5.91 Å². The summed E-state index contributed by atoms with van der Waals surface area (Å²) in [4.78, 5) is 13.1. The Labute approximate surface area is 152 Å². The van der Waals surface area contributed by atoms with Gasteiger partial charge in [-0.15, -0.1) is 0 Å². The zero-order valence-corrected chi connectivity index (χ0v) is 14.8. The van der Waals surface area contributed by atoms with Gasteiger partial charge in [-0.3, -0.25) is 4.79 Å². The van der Waals surface area contributed by atoms with Gasteiger partial charge in [-0.2, -0.15) is 5.26 Å². The second-order valence-electron chi connectivity index (χ2n) is 6.06. The van der Waals surface area contributed by atoms with Crippen LogP contribution in [0.25, 0.3) is 0 Å². The molecule has 2 aromatic carbocycles. The van der Waals surface area contributed by atoms with Gasteiger partial charge < -0.3 is 21.5 Å². The highest BCUT2D eigenvalue weighted by Gasteiger charge is 2.56. The molecule has 4 rings (SSSR count). The third kappa shape index (κ3) is 1.86. The average Bonchev–Trinajstić information content (AvgIpc) is 2.81. The van der Waals surface area contributed by atoms with Crippen LogP contribution in [0.1, 0.15) is 16.7 Å². The van der Waals surface area contributed by atoms with Crippen LogP contribution < -0.4 is 21.5 Å². The van der Waals surface area contributed by atoms with E-state index in [4.69, 9.17) is 16.2 Å². The minimum absolute atomic E-state index is 0.0720. The van der Waals surface area contributed by atoms with E-state index in [9.17, 15) is 10.1 Å². The topological polar surface area (TPSA) is 114 Å². The number of aryl methyl sites for hydroxylation is 1. The molecular weight excluding hydrogens is 384 g/mol. The first-order valence-electron chi connectivity index (χ1n) is 7.50. The summed E-state index contributed by atoms with van der Waals surface area (Å²) in [6, 6.07) is 10.8. The number of hydrogen-bond acceptors (Lipinski definition) is 5. The van der Waals surface area contributed by atoms with Gasteiger partial charge in [0.2, 0.25) is 11.8 Å². The molecule has 0 bridgehead atoms. The summed E-state index contributed by atoms with van der Waals surface area (Å²) in [7, 11) is 0. The molecule has 2 aliphatic heterocycles. The molecule has 1 spiro atoms. The number of nitriles is 1. The third-order valence-corrected chi connectivity index (χ3v) is 5.51. The number of nitrogens with one attached hydrogen (secondary N) is 1. The van der Waals surface area contributed by atoms with Crippen molar-refractivity contribution in [3.63, 3.8) is 0 Å². The van der Waals surface area contributed by atoms with Crippen molar-refractivity contribution in [3.8, 4) is 11.8 Å². The molecule has 0 saturated heterocycles. The van der Waals surface area contributed by atoms with Crippen LogP contribution in [0.3, 0.4) is 0 Å². The molecule has 124 valence electrons. The molecule has 25 heavy (non-hydrogen) atoms. The van der Waals surface area contributed by atoms with Crippen molar-refractivity contribution in [1.82, 2.24) is 0 Å². The van der Waals surface area contributed by atoms with Crippen molar-refractivity contribution >= 4 is 33.2 Å². The Morgan fingerprint density at radius 3 is 2.72 bits per heavy atom. The Bertz CT molecular complexity index is 1040. The number of ether oxygens (including phenoxy) is 1. The molecule has 0 aliphatic carbocycles. The van der Waals surface area contributed by atoms with Crippen LogP contribution >= 0.6 is 15.9 Å². The summed E-state index contributed by atoms with van der Waals surface area (Å²) in [6.45, 7) is 1.92. The predicted molar refractivity (Wildman–Crippen MR) is 96.6 cm³/mol. The third-order valence-electron chi connectivity index (χ3n) is 4.65. The van der Waals surface area contributed by atoms with Gasteiger partial charge in [-0.1, -0.05) is 28.1 Å². The van der Waals surface area contributed by atoms with Crippen LogP contribution in [0.2, 0.25) is 0 Å². The largest absolute Gasteiger partial charge is 0.440 e. The second-order valence-corrected chi connectivity index (χ2v) is 6.91. The van der Waals surface area contributed by atoms with Gasteiger partial charge in [0, 0.05) is 33.0 Å². The first kappa shape index (κ1) is 15.5. The first-order chi connectivity index (χ1) is 11.9. The first-order valence-corrected chi connectivity index (χ1v) is 8.29. The van der Waals surface area contributed by atoms with E-state index >= 15 is 0 Å². The van der Waals surface area contributed by atoms with Gasteiger partial charge in [-0.25, -0.2) is 0 Å². The van der Waals surface area contributed by atoms with E-state index in [2.05, 4.69) is 27.3 Å². The highest BCUT2D eigenvalue weighted by atomic mass is 79.9. The van der Waals surface area contributed by atoms with E-state index in [1.54, 1.807) is 18.2 Å². The second kappa shape index (κ2) is 5.01. The van der Waals surface area contributed by atoms with Crippen LogP contribution in [0.5, 0.6) is 5.75 Å². The van der Waals surface area contributed by atoms with Crippen molar-refractivity contribution in [2.75, 3.05) is 11.1 Å². The van der Waals surface area contributed by atoms with E-state index in [-0.39, 0.29) is 17.4 Å². The van der Waals surface area contributed by atoms with Crippen LogP contribution in [-0.2, 0) is 10.2 Å². The van der Waals surface area contributed by atoms with Gasteiger partial charge in [0.05, 0.1) is 0 Å². The molecule has 2 aromatic rings. The number of nitrogen functional groups attached to an aromatic ring is 1. The fourth-order valence-corrected chi connectivity index (χ4v) is 3.85. The van der Waals surface area contributed by atoms with Gasteiger partial charge in [0.15, 0.2) is 0 Å². The van der Waals surface area contributed by atoms with Crippen molar-refractivity contribution in [1.29, 1.82) is 5.26 Å². The molecule has 1 atom stereocenters. The number of amides is 1. The normalized spacial score (nSPS) is 20.6. The van der Waals surface area contributed by atoms with Crippen LogP contribution in [0.15, 0.2) is 46.3 Å². The molecule has 5 N–H and O–H groups in total. The Balaban J connectivity index is 2.15. The number of fused-ring (bicyclic) bond motifs is 4. The smallest absolute Gasteiger partial charge is 0.245 e. The SMILES string of the molecule is Cc1cc2c(cc1Br)NC(=O)C21C(C#N)=C(N)Oc2cc(N)ccc21. The Morgan fingerprint density at radius 2 is 2.00 bits per heavy atom. The maximum absolute atomic E-state index is 13.1. The van der Waals surface area contributed by atoms with Crippen LogP contribution in [0, 0.1) is 18.3 Å². The monoisotopic (exact) mass is 396 g/mol. The fraction of sp³-hybridized carbons (Fsp3) is 0.111. The minimum atomic E-state index is -1.35. The maximum Gasteiger partial charge on any atom is 0.245 e. The summed E-state index contributed by atoms with van der Waals surface area (Å²) in [5, 5.41) is 12.6. The number of rotatable bonds is 0. The summed E-state index contributed by atoms with van der Waals surface area (Å²) in [5.41, 5.74) is 13.8. The average molecular weight is 397 g/mol. The van der Waals surface area contributed by atoms with Crippen molar-refractivity contribution in [2.24, 2.45) is 5.73 Å². The van der Waals surface area contributed by atoms with Crippen molar-refractivity contribution < 1.29 is 9.53 Å². The number of anilines is 2. The fourth-order valence-electron chi connectivity index (χ4n) is 3.51. The zero-order valence-electron chi connectivity index (χ0n) is 13.2. The maximum atomic E-state index is 13.1. The number of hydrogen-bond donors (Lipinski definition) is 3. The summed E-state index contributed by atoms with van der Waals surface area (Å²) in [5.74, 6) is -0.0573. The summed E-state index contributed by atoms with van der Waals surface area (Å²) < 4.78 is 6.45. The molecule has 1 amide bonds. The Morgan fingerprint density at radius 1 is 1.24 bits per heavy atom. The quantitative estimate of drug-likeness (QED) is 0.592. The lowest BCUT2D eigenvalue weighted by Crippen LogP contribution is -2.42. The van der Waals surface area contributed by atoms with E-state index in [0.29, 0.717) is 28.3 Å². The number of carbonyl (C=O) groups excluding carboxylic acids is 1. The molecule has 0 fully saturated rings. The van der Waals surface area contributed by atoms with Crippen LogP contribution in [0.4, 0.5) is 11.4 Å². The number of carbonyl (C=O) groups is 1. The van der Waals surface area contributed by atoms with E-state index in [0.717, 1.165) is 10.0 Å². The van der Waals surface area contributed by atoms with Crippen molar-refractivity contribution in [2.45, 2.75) is 12.3 Å². The molecule has 2 aliphatic rings.